The minimum atomic E-state index is -0.269. The Bertz CT molecular complexity index is 1150. The highest BCUT2D eigenvalue weighted by Gasteiger charge is 2.16. The van der Waals surface area contributed by atoms with E-state index < -0.39 is 0 Å². The number of aromatic amines is 1. The molecule has 0 bridgehead atoms. The summed E-state index contributed by atoms with van der Waals surface area (Å²) in [5.41, 5.74) is 6.03. The van der Waals surface area contributed by atoms with Crippen LogP contribution in [0.1, 0.15) is 43.1 Å². The lowest BCUT2D eigenvalue weighted by Gasteiger charge is -2.20. The van der Waals surface area contributed by atoms with Crippen LogP contribution in [0.4, 0.5) is 4.39 Å². The number of H-pyrrole nitrogens is 1. The molecule has 3 heterocycles. The van der Waals surface area contributed by atoms with Crippen molar-refractivity contribution in [2.24, 2.45) is 0 Å². The zero-order chi connectivity index (χ0) is 20.4. The van der Waals surface area contributed by atoms with Gasteiger partial charge in [0.2, 0.25) is 0 Å². The molecule has 1 unspecified atom stereocenters. The number of fused-ring (bicyclic) bond motifs is 1. The first-order valence-electron chi connectivity index (χ1n) is 9.76. The number of nitrogens with one attached hydrogen (secondary N) is 2. The van der Waals surface area contributed by atoms with E-state index >= 15 is 0 Å². The van der Waals surface area contributed by atoms with E-state index in [2.05, 4.69) is 46.4 Å². The van der Waals surface area contributed by atoms with Gasteiger partial charge in [-0.1, -0.05) is 13.0 Å². The molecule has 0 saturated heterocycles. The van der Waals surface area contributed by atoms with Gasteiger partial charge in [0.25, 0.3) is 0 Å². The maximum Gasteiger partial charge on any atom is 0.123 e. The van der Waals surface area contributed by atoms with Crippen LogP contribution < -0.4 is 5.32 Å². The maximum absolute atomic E-state index is 13.3. The van der Waals surface area contributed by atoms with E-state index in [4.69, 9.17) is 0 Å². The van der Waals surface area contributed by atoms with Gasteiger partial charge in [0.15, 0.2) is 0 Å². The zero-order valence-corrected chi connectivity index (χ0v) is 16.8. The van der Waals surface area contributed by atoms with Crippen molar-refractivity contribution in [3.05, 3.63) is 83.8 Å². The van der Waals surface area contributed by atoms with Crippen LogP contribution in [0, 0.1) is 12.7 Å². The van der Waals surface area contributed by atoms with E-state index in [-0.39, 0.29) is 11.9 Å². The molecule has 1 atom stereocenters. The molecule has 29 heavy (non-hydrogen) atoms. The summed E-state index contributed by atoms with van der Waals surface area (Å²) in [4.78, 5) is 7.80. The molecule has 0 radical (unpaired) electrons. The van der Waals surface area contributed by atoms with Crippen LogP contribution in [0.15, 0.2) is 61.2 Å². The van der Waals surface area contributed by atoms with Gasteiger partial charge in [0.1, 0.15) is 5.82 Å². The van der Waals surface area contributed by atoms with E-state index in [1.165, 1.54) is 17.7 Å². The molecule has 3 aromatic heterocycles. The molecule has 0 spiro atoms. The second-order valence-electron chi connectivity index (χ2n) is 7.09. The van der Waals surface area contributed by atoms with Gasteiger partial charge < -0.3 is 10.3 Å². The standard InChI is InChI=1S/C23H24FN5/c1-4-20(28-21(5-2)22-10-15(3)11-26-22)18-12-25-14-23-19(18)13-27-29(23)17-8-6-16(24)7-9-17/h4,6-14,21,26,28H,5H2,1-3H3. The van der Waals surface area contributed by atoms with Crippen molar-refractivity contribution >= 4 is 16.6 Å². The van der Waals surface area contributed by atoms with Gasteiger partial charge >= 0.3 is 0 Å². The predicted molar refractivity (Wildman–Crippen MR) is 114 cm³/mol. The minimum Gasteiger partial charge on any atom is -0.376 e. The molecular weight excluding hydrogens is 365 g/mol. The van der Waals surface area contributed by atoms with Crippen molar-refractivity contribution in [3.8, 4) is 5.69 Å². The van der Waals surface area contributed by atoms with Crippen molar-refractivity contribution < 1.29 is 4.39 Å². The molecule has 0 saturated carbocycles. The summed E-state index contributed by atoms with van der Waals surface area (Å²) < 4.78 is 15.1. The molecule has 0 fully saturated rings. The fourth-order valence-corrected chi connectivity index (χ4v) is 3.58. The van der Waals surface area contributed by atoms with Gasteiger partial charge in [0.05, 0.1) is 29.6 Å². The van der Waals surface area contributed by atoms with Gasteiger partial charge in [-0.3, -0.25) is 4.98 Å². The molecular formula is C23H24FN5. The normalized spacial score (nSPS) is 13.0. The number of hydrogen-bond donors (Lipinski definition) is 2. The Morgan fingerprint density at radius 1 is 1.24 bits per heavy atom. The van der Waals surface area contributed by atoms with Crippen molar-refractivity contribution in [2.75, 3.05) is 0 Å². The molecule has 5 nitrogen and oxygen atoms in total. The van der Waals surface area contributed by atoms with Crippen LogP contribution in [-0.2, 0) is 0 Å². The minimum absolute atomic E-state index is 0.164. The second kappa shape index (κ2) is 7.91. The number of aromatic nitrogens is 4. The largest absolute Gasteiger partial charge is 0.376 e. The molecule has 2 N–H and O–H groups in total. The molecule has 0 aliphatic heterocycles. The third-order valence-corrected chi connectivity index (χ3v) is 5.11. The summed E-state index contributed by atoms with van der Waals surface area (Å²) in [5, 5.41) is 9.17. The van der Waals surface area contributed by atoms with Crippen LogP contribution in [0.5, 0.6) is 0 Å². The van der Waals surface area contributed by atoms with Crippen LogP contribution in [0.25, 0.3) is 22.3 Å². The molecule has 4 aromatic rings. The number of pyridine rings is 1. The maximum atomic E-state index is 13.3. The highest BCUT2D eigenvalue weighted by molar-refractivity contribution is 5.91. The summed E-state index contributed by atoms with van der Waals surface area (Å²) >= 11 is 0. The Morgan fingerprint density at radius 3 is 2.69 bits per heavy atom. The number of aryl methyl sites for hydroxylation is 1. The van der Waals surface area contributed by atoms with E-state index in [1.54, 1.807) is 23.0 Å². The SMILES string of the molecule is CC=C(NC(CC)c1cc(C)c[nH]1)c1cncc2c1cnn2-c1ccc(F)cc1. The molecule has 4 rings (SSSR count). The summed E-state index contributed by atoms with van der Waals surface area (Å²) in [6.07, 6.45) is 10.5. The first-order valence-corrected chi connectivity index (χ1v) is 9.76. The quantitative estimate of drug-likeness (QED) is 0.471. The average Bonchev–Trinajstić information content (AvgIpc) is 3.36. The molecule has 6 heteroatoms. The van der Waals surface area contributed by atoms with Gasteiger partial charge in [0, 0.05) is 34.7 Å². The number of nitrogens with zero attached hydrogens (tertiary/aromatic N) is 3. The number of rotatable bonds is 6. The predicted octanol–water partition coefficient (Wildman–Crippen LogP) is 5.30. The van der Waals surface area contributed by atoms with E-state index in [1.807, 2.05) is 25.5 Å². The van der Waals surface area contributed by atoms with Crippen molar-refractivity contribution in [1.29, 1.82) is 0 Å². The summed E-state index contributed by atoms with van der Waals surface area (Å²) in [7, 11) is 0. The smallest absolute Gasteiger partial charge is 0.123 e. The van der Waals surface area contributed by atoms with Gasteiger partial charge in [-0.15, -0.1) is 0 Å². The lowest BCUT2D eigenvalue weighted by atomic mass is 10.1. The second-order valence-corrected chi connectivity index (χ2v) is 7.09. The third kappa shape index (κ3) is 3.66. The summed E-state index contributed by atoms with van der Waals surface area (Å²) in [5.74, 6) is -0.269. The first kappa shape index (κ1) is 18.9. The molecule has 148 valence electrons. The summed E-state index contributed by atoms with van der Waals surface area (Å²) in [6, 6.07) is 8.62. The molecule has 1 aromatic carbocycles. The lowest BCUT2D eigenvalue weighted by Crippen LogP contribution is -2.20. The van der Waals surface area contributed by atoms with Crippen molar-refractivity contribution in [1.82, 2.24) is 25.1 Å². The lowest BCUT2D eigenvalue weighted by molar-refractivity contribution is 0.599. The van der Waals surface area contributed by atoms with Gasteiger partial charge in [-0.2, -0.15) is 5.10 Å². The van der Waals surface area contributed by atoms with Crippen LogP contribution in [0.2, 0.25) is 0 Å². The average molecular weight is 389 g/mol. The Hall–Kier alpha value is -3.41. The fraction of sp³-hybridized carbons (Fsp3) is 0.217. The van der Waals surface area contributed by atoms with Crippen LogP contribution in [0.3, 0.4) is 0 Å². The molecule has 0 aliphatic carbocycles. The Balaban J connectivity index is 1.71. The summed E-state index contributed by atoms with van der Waals surface area (Å²) in [6.45, 7) is 6.25. The van der Waals surface area contributed by atoms with E-state index in [0.29, 0.717) is 0 Å². The first-order chi connectivity index (χ1) is 14.1. The number of benzene rings is 1. The molecule has 0 aliphatic rings. The Labute approximate surface area is 169 Å². The van der Waals surface area contributed by atoms with Crippen LogP contribution >= 0.6 is 0 Å². The van der Waals surface area contributed by atoms with Crippen molar-refractivity contribution in [2.45, 2.75) is 33.2 Å². The van der Waals surface area contributed by atoms with Crippen LogP contribution in [-0.4, -0.2) is 19.7 Å². The van der Waals surface area contributed by atoms with E-state index in [9.17, 15) is 4.39 Å². The monoisotopic (exact) mass is 389 g/mol. The highest BCUT2D eigenvalue weighted by atomic mass is 19.1. The number of halogens is 1. The number of allylic oxidation sites excluding steroid dienone is 1. The Kier molecular flexibility index (Phi) is 5.16. The van der Waals surface area contributed by atoms with E-state index in [0.717, 1.165) is 40.0 Å². The third-order valence-electron chi connectivity index (χ3n) is 5.11. The fourth-order valence-electron chi connectivity index (χ4n) is 3.58. The van der Waals surface area contributed by atoms with Crippen molar-refractivity contribution in [3.63, 3.8) is 0 Å². The van der Waals surface area contributed by atoms with Gasteiger partial charge in [-0.05, 0) is 56.2 Å². The zero-order valence-electron chi connectivity index (χ0n) is 16.8. The van der Waals surface area contributed by atoms with Gasteiger partial charge in [-0.25, -0.2) is 9.07 Å². The highest BCUT2D eigenvalue weighted by Crippen LogP contribution is 2.27. The molecule has 0 amide bonds. The topological polar surface area (TPSA) is 58.5 Å². The Morgan fingerprint density at radius 2 is 2.03 bits per heavy atom. The number of hydrogen-bond acceptors (Lipinski definition) is 3.